The molecule has 0 aliphatic carbocycles. The molecule has 25 heteroatoms. The van der Waals surface area contributed by atoms with Gasteiger partial charge in [0.2, 0.25) is 0 Å². The Kier molecular flexibility index (Phi) is 49.3. The van der Waals surface area contributed by atoms with Crippen LogP contribution in [0.2, 0.25) is 0 Å². The fourth-order valence-electron chi connectivity index (χ4n) is 0.429. The van der Waals surface area contributed by atoms with Crippen LogP contribution in [0.25, 0.3) is 0 Å². The molecule has 0 heterocycles. The van der Waals surface area contributed by atoms with Gasteiger partial charge in [0.25, 0.3) is 0 Å². The van der Waals surface area contributed by atoms with Crippen LogP contribution in [0.15, 0.2) is 0 Å². The quantitative estimate of drug-likeness (QED) is 0.119. The van der Waals surface area contributed by atoms with Crippen molar-refractivity contribution in [2.24, 2.45) is 0 Å². The standard InChI is InChI=1S/4H3N.4Na.H6O13P4.4H/c;;;;;;;;1-14(2,3)11-16(7,8)13-17(9,10)12-15(4,5)6;;;;/h4*1H3;;;;;(H,7,8)(H,9,10)(H2,1,2,3)(H2,4,5,6);;;;/q;;;;4*+1;;4*-1. The van der Waals surface area contributed by atoms with E-state index in [0.29, 0.717) is 0 Å². The van der Waals surface area contributed by atoms with E-state index in [1.54, 1.807) is 0 Å². The van der Waals surface area contributed by atoms with Crippen LogP contribution in [0.1, 0.15) is 5.71 Å². The first-order valence-electron chi connectivity index (χ1n) is 3.03. The van der Waals surface area contributed by atoms with Gasteiger partial charge in [-0.1, -0.05) is 0 Å². The van der Waals surface area contributed by atoms with E-state index >= 15 is 0 Å². The molecule has 0 aliphatic heterocycles. The Bertz CT molecular complexity index is 449. The van der Waals surface area contributed by atoms with E-state index in [1.807, 2.05) is 0 Å². The van der Waals surface area contributed by atoms with Gasteiger partial charge in [0.1, 0.15) is 0 Å². The van der Waals surface area contributed by atoms with Crippen LogP contribution >= 0.6 is 31.3 Å². The zero-order chi connectivity index (χ0) is 14.1. The molecule has 0 aromatic heterocycles. The monoisotopic (exact) mass is 502 g/mol. The number of hydrogen-bond acceptors (Lipinski definition) is 11. The molecule has 25 heavy (non-hydrogen) atoms. The molecule has 2 unspecified atom stereocenters. The van der Waals surface area contributed by atoms with Gasteiger partial charge in [-0.2, -0.15) is 12.9 Å². The van der Waals surface area contributed by atoms with Crippen LogP contribution in [0.4, 0.5) is 0 Å². The van der Waals surface area contributed by atoms with Gasteiger partial charge in [-0.15, -0.1) is 0 Å². The van der Waals surface area contributed by atoms with Crippen molar-refractivity contribution in [3.8, 4) is 0 Å². The zero-order valence-electron chi connectivity index (χ0n) is 18.2. The van der Waals surface area contributed by atoms with E-state index in [9.17, 15) is 18.3 Å². The maximum atomic E-state index is 10.7. The number of rotatable bonds is 6. The minimum atomic E-state index is -5.77. The largest absolute Gasteiger partial charge is 1.00 e. The van der Waals surface area contributed by atoms with E-state index in [2.05, 4.69) is 12.9 Å². The van der Waals surface area contributed by atoms with Crippen molar-refractivity contribution in [2.45, 2.75) is 0 Å². The first-order chi connectivity index (χ1) is 7.12. The molecule has 0 rings (SSSR count). The Balaban J connectivity index is -0.0000000194. The second-order valence-electron chi connectivity index (χ2n) is 2.16. The van der Waals surface area contributed by atoms with Crippen molar-refractivity contribution < 1.29 is 184 Å². The third-order valence-corrected chi connectivity index (χ3v) is 5.63. The summed E-state index contributed by atoms with van der Waals surface area (Å²) in [5, 5.41) is 0. The van der Waals surface area contributed by atoms with Crippen LogP contribution in [0, 0.1) is 0 Å². The molecule has 0 bridgehead atoms. The normalized spacial score (nSPS) is 14.0. The summed E-state index contributed by atoms with van der Waals surface area (Å²) >= 11 is 0. The van der Waals surface area contributed by atoms with Gasteiger partial charge in [0.05, 0.1) is 0 Å². The molecule has 0 saturated carbocycles. The fourth-order valence-corrected chi connectivity index (χ4v) is 4.40. The first-order valence-corrected chi connectivity index (χ1v) is 9.08. The van der Waals surface area contributed by atoms with E-state index in [4.69, 9.17) is 29.4 Å². The fraction of sp³-hybridized carbons (Fsp3) is 0. The maximum Gasteiger partial charge on any atom is 1.00 e. The minimum Gasteiger partial charge on any atom is -1.00 e. The average molecular weight is 502 g/mol. The van der Waals surface area contributed by atoms with Gasteiger partial charge in [-0.3, -0.25) is 0 Å². The molecule has 144 valence electrons. The van der Waals surface area contributed by atoms with Gasteiger partial charge in [0.15, 0.2) is 0 Å². The molecule has 0 aliphatic rings. The molecule has 0 aromatic carbocycles. The summed E-state index contributed by atoms with van der Waals surface area (Å²) in [5.74, 6) is 0. The van der Waals surface area contributed by atoms with Gasteiger partial charge in [0, 0.05) is 0 Å². The van der Waals surface area contributed by atoms with Crippen molar-refractivity contribution in [2.75, 3.05) is 0 Å². The Hall–Kier alpha value is 4.40. The molecule has 0 spiro atoms. The van der Waals surface area contributed by atoms with Crippen LogP contribution in [-0.4, -0.2) is 29.4 Å². The third-order valence-electron chi connectivity index (χ3n) is 0.625. The summed E-state index contributed by atoms with van der Waals surface area (Å²) in [6.45, 7) is 0. The molecular weight excluding hydrogens is 480 g/mol. The summed E-state index contributed by atoms with van der Waals surface area (Å²) in [7, 11) is -22.6. The van der Waals surface area contributed by atoms with Crippen LogP contribution in [-0.2, 0) is 31.2 Å². The van der Waals surface area contributed by atoms with Crippen LogP contribution < -0.4 is 143 Å². The van der Waals surface area contributed by atoms with E-state index in [1.165, 1.54) is 0 Å². The second kappa shape index (κ2) is 21.6. The average Bonchev–Trinajstić information content (AvgIpc) is 1.65. The number of hydrogen-bond donors (Lipinski definition) is 10. The zero-order valence-corrected chi connectivity index (χ0v) is 25.7. The summed E-state index contributed by atoms with van der Waals surface area (Å²) in [6.07, 6.45) is 0. The summed E-state index contributed by atoms with van der Waals surface area (Å²) in [5.41, 5.74) is 0. The molecule has 0 fully saturated rings. The molecular formula is H22N4Na4O13P4. The van der Waals surface area contributed by atoms with E-state index < -0.39 is 31.3 Å². The van der Waals surface area contributed by atoms with Gasteiger partial charge < -0.3 is 59.7 Å². The Labute approximate surface area is 237 Å². The topological polar surface area (TPSA) is 357 Å². The van der Waals surface area contributed by atoms with Crippen molar-refractivity contribution in [3.05, 3.63) is 0 Å². The molecule has 0 amide bonds. The van der Waals surface area contributed by atoms with Crippen LogP contribution in [0.3, 0.4) is 0 Å². The molecule has 0 aromatic rings. The molecule has 0 radical (unpaired) electrons. The maximum absolute atomic E-state index is 10.7. The van der Waals surface area contributed by atoms with Crippen LogP contribution in [0.5, 0.6) is 0 Å². The number of phosphoric acid groups is 4. The molecule has 0 saturated heterocycles. The predicted octanol–water partition coefficient (Wildman–Crippen LogP) is -11.5. The molecule has 2 atom stereocenters. The van der Waals surface area contributed by atoms with Crippen molar-refractivity contribution >= 4 is 31.3 Å². The van der Waals surface area contributed by atoms with Gasteiger partial charge in [-0.05, 0) is 0 Å². The SMILES string of the molecule is N.N.N.N.O=P(O)(O)OP(=O)(O)OP(=O)(O)OP(=O)(O)O.[H-].[H-].[H-].[H-].[Na+].[Na+].[Na+].[Na+]. The summed E-state index contributed by atoms with van der Waals surface area (Å²) in [6, 6.07) is 0. The Morgan fingerprint density at radius 3 is 0.760 bits per heavy atom. The van der Waals surface area contributed by atoms with Crippen molar-refractivity contribution in [1.82, 2.24) is 24.6 Å². The van der Waals surface area contributed by atoms with E-state index in [0.717, 1.165) is 0 Å². The van der Waals surface area contributed by atoms with Gasteiger partial charge >= 0.3 is 150 Å². The molecule has 18 N–H and O–H groups in total. The predicted molar refractivity (Wildman–Crippen MR) is 71.5 cm³/mol. The second-order valence-corrected chi connectivity index (χ2v) is 7.96. The smallest absolute Gasteiger partial charge is 1.00 e. The first kappa shape index (κ1) is 57.0. The molecule has 17 nitrogen and oxygen atoms in total. The third kappa shape index (κ3) is 39.4. The van der Waals surface area contributed by atoms with Crippen molar-refractivity contribution in [1.29, 1.82) is 0 Å². The summed E-state index contributed by atoms with van der Waals surface area (Å²) in [4.78, 5) is 49.4. The summed E-state index contributed by atoms with van der Waals surface area (Å²) < 4.78 is 50.9. The van der Waals surface area contributed by atoms with Gasteiger partial charge in [-0.25, -0.2) is 18.3 Å². The Morgan fingerprint density at radius 1 is 0.480 bits per heavy atom. The van der Waals surface area contributed by atoms with E-state index in [-0.39, 0.29) is 149 Å². The Morgan fingerprint density at radius 2 is 0.640 bits per heavy atom. The minimum absolute atomic E-state index is 0. The van der Waals surface area contributed by atoms with Crippen molar-refractivity contribution in [3.63, 3.8) is 0 Å².